The standard InChI is InChI=1S/C11H17N3OS/c1-8-2-3-9(6-13-8)11(14-12)10-7-16-5-4-15-10/h2-3,6,10-11,14H,4-5,7,12H2,1H3. The van der Waals surface area contributed by atoms with Crippen LogP contribution in [-0.4, -0.2) is 29.2 Å². The Hall–Kier alpha value is -0.620. The van der Waals surface area contributed by atoms with Gasteiger partial charge in [-0.1, -0.05) is 6.07 Å². The van der Waals surface area contributed by atoms with Crippen molar-refractivity contribution in [1.82, 2.24) is 10.4 Å². The van der Waals surface area contributed by atoms with E-state index in [1.54, 1.807) is 0 Å². The molecule has 4 nitrogen and oxygen atoms in total. The van der Waals surface area contributed by atoms with Gasteiger partial charge in [-0.3, -0.25) is 16.3 Å². The molecule has 5 heteroatoms. The minimum atomic E-state index is 0.0286. The van der Waals surface area contributed by atoms with Gasteiger partial charge in [0.2, 0.25) is 0 Å². The van der Waals surface area contributed by atoms with Crippen LogP contribution in [0.4, 0.5) is 0 Å². The van der Waals surface area contributed by atoms with E-state index < -0.39 is 0 Å². The zero-order valence-corrected chi connectivity index (χ0v) is 10.2. The maximum atomic E-state index is 5.72. The second-order valence-corrected chi connectivity index (χ2v) is 5.01. The van der Waals surface area contributed by atoms with Crippen LogP contribution in [0.25, 0.3) is 0 Å². The quantitative estimate of drug-likeness (QED) is 0.609. The SMILES string of the molecule is Cc1ccc(C(NN)C2CSCCO2)cn1. The minimum Gasteiger partial charge on any atom is -0.374 e. The smallest absolute Gasteiger partial charge is 0.0873 e. The number of aromatic nitrogens is 1. The topological polar surface area (TPSA) is 60.2 Å². The van der Waals surface area contributed by atoms with Crippen LogP contribution in [0.3, 0.4) is 0 Å². The molecule has 1 aliphatic rings. The summed E-state index contributed by atoms with van der Waals surface area (Å²) < 4.78 is 5.72. The Balaban J connectivity index is 2.11. The van der Waals surface area contributed by atoms with Crippen molar-refractivity contribution in [3.8, 4) is 0 Å². The van der Waals surface area contributed by atoms with Gasteiger partial charge in [0.15, 0.2) is 0 Å². The van der Waals surface area contributed by atoms with Gasteiger partial charge in [-0.25, -0.2) is 0 Å². The van der Waals surface area contributed by atoms with Crippen LogP contribution in [-0.2, 0) is 4.74 Å². The lowest BCUT2D eigenvalue weighted by Gasteiger charge is -2.29. The second kappa shape index (κ2) is 5.63. The number of aryl methyl sites for hydroxylation is 1. The molecule has 1 aromatic rings. The zero-order chi connectivity index (χ0) is 11.4. The molecule has 0 amide bonds. The fourth-order valence-corrected chi connectivity index (χ4v) is 2.68. The molecule has 0 aliphatic carbocycles. The third kappa shape index (κ3) is 2.74. The first-order valence-electron chi connectivity index (χ1n) is 5.39. The number of rotatable bonds is 3. The molecule has 16 heavy (non-hydrogen) atoms. The first kappa shape index (κ1) is 11.9. The molecule has 1 aliphatic heterocycles. The number of hydrogen-bond acceptors (Lipinski definition) is 5. The van der Waals surface area contributed by atoms with Gasteiger partial charge in [0.25, 0.3) is 0 Å². The average Bonchev–Trinajstić information content (AvgIpc) is 2.34. The summed E-state index contributed by atoms with van der Waals surface area (Å²) in [6, 6.07) is 4.08. The highest BCUT2D eigenvalue weighted by molar-refractivity contribution is 7.99. The highest BCUT2D eigenvalue weighted by atomic mass is 32.2. The van der Waals surface area contributed by atoms with Crippen molar-refractivity contribution in [1.29, 1.82) is 0 Å². The van der Waals surface area contributed by atoms with Crippen LogP contribution in [0.5, 0.6) is 0 Å². The van der Waals surface area contributed by atoms with Crippen molar-refractivity contribution in [2.45, 2.75) is 19.1 Å². The fourth-order valence-electron chi connectivity index (χ4n) is 1.78. The third-order valence-corrected chi connectivity index (χ3v) is 3.71. The Labute approximate surface area is 99.9 Å². The monoisotopic (exact) mass is 239 g/mol. The number of ether oxygens (including phenoxy) is 1. The summed E-state index contributed by atoms with van der Waals surface area (Å²) in [6.07, 6.45) is 2.00. The van der Waals surface area contributed by atoms with Crippen LogP contribution < -0.4 is 11.3 Å². The van der Waals surface area contributed by atoms with E-state index >= 15 is 0 Å². The van der Waals surface area contributed by atoms with Gasteiger partial charge in [-0.05, 0) is 18.6 Å². The number of nitrogens with zero attached hydrogens (tertiary/aromatic N) is 1. The Kier molecular flexibility index (Phi) is 4.17. The number of hydrazine groups is 1. The van der Waals surface area contributed by atoms with Crippen LogP contribution in [0.2, 0.25) is 0 Å². The third-order valence-electron chi connectivity index (χ3n) is 2.69. The molecule has 0 aromatic carbocycles. The summed E-state index contributed by atoms with van der Waals surface area (Å²) in [4.78, 5) is 4.28. The molecule has 1 saturated heterocycles. The predicted molar refractivity (Wildman–Crippen MR) is 66.1 cm³/mol. The molecule has 0 saturated carbocycles. The molecule has 2 atom stereocenters. The van der Waals surface area contributed by atoms with Gasteiger partial charge in [0, 0.05) is 23.4 Å². The van der Waals surface area contributed by atoms with E-state index in [-0.39, 0.29) is 12.1 Å². The predicted octanol–water partition coefficient (Wildman–Crippen LogP) is 1.03. The molecular weight excluding hydrogens is 222 g/mol. The highest BCUT2D eigenvalue weighted by Crippen LogP contribution is 2.24. The van der Waals surface area contributed by atoms with Gasteiger partial charge in [-0.2, -0.15) is 11.8 Å². The molecule has 88 valence electrons. The van der Waals surface area contributed by atoms with Crippen LogP contribution in [0.1, 0.15) is 17.3 Å². The van der Waals surface area contributed by atoms with Crippen molar-refractivity contribution in [3.05, 3.63) is 29.6 Å². The van der Waals surface area contributed by atoms with Crippen molar-refractivity contribution >= 4 is 11.8 Å². The van der Waals surface area contributed by atoms with Crippen LogP contribution in [0.15, 0.2) is 18.3 Å². The molecule has 0 bridgehead atoms. The Morgan fingerprint density at radius 2 is 2.50 bits per heavy atom. The van der Waals surface area contributed by atoms with Gasteiger partial charge < -0.3 is 4.74 Å². The average molecular weight is 239 g/mol. The largest absolute Gasteiger partial charge is 0.374 e. The first-order chi connectivity index (χ1) is 7.81. The number of nitrogens with one attached hydrogen (secondary N) is 1. The van der Waals surface area contributed by atoms with Crippen LogP contribution >= 0.6 is 11.8 Å². The number of hydrogen-bond donors (Lipinski definition) is 2. The lowest BCUT2D eigenvalue weighted by molar-refractivity contribution is 0.0467. The zero-order valence-electron chi connectivity index (χ0n) is 9.35. The lowest BCUT2D eigenvalue weighted by atomic mass is 10.0. The summed E-state index contributed by atoms with van der Waals surface area (Å²) in [6.45, 7) is 2.77. The Morgan fingerprint density at radius 3 is 3.06 bits per heavy atom. The van der Waals surface area contributed by atoms with E-state index in [4.69, 9.17) is 10.6 Å². The van der Waals surface area contributed by atoms with Gasteiger partial charge in [-0.15, -0.1) is 0 Å². The van der Waals surface area contributed by atoms with Crippen molar-refractivity contribution in [2.75, 3.05) is 18.1 Å². The van der Waals surface area contributed by atoms with Crippen LogP contribution in [0, 0.1) is 6.92 Å². The molecule has 1 fully saturated rings. The van der Waals surface area contributed by atoms with E-state index in [0.29, 0.717) is 0 Å². The number of nitrogens with two attached hydrogens (primary N) is 1. The highest BCUT2D eigenvalue weighted by Gasteiger charge is 2.25. The second-order valence-electron chi connectivity index (χ2n) is 3.86. The Morgan fingerprint density at radius 1 is 1.62 bits per heavy atom. The maximum Gasteiger partial charge on any atom is 0.0873 e. The summed E-state index contributed by atoms with van der Waals surface area (Å²) in [5.41, 5.74) is 4.93. The van der Waals surface area contributed by atoms with Gasteiger partial charge in [0.05, 0.1) is 18.8 Å². The van der Waals surface area contributed by atoms with E-state index in [0.717, 1.165) is 29.4 Å². The molecule has 0 spiro atoms. The van der Waals surface area contributed by atoms with Gasteiger partial charge in [0.1, 0.15) is 0 Å². The van der Waals surface area contributed by atoms with Crippen molar-refractivity contribution < 1.29 is 4.74 Å². The Bertz CT molecular complexity index is 325. The molecule has 2 rings (SSSR count). The first-order valence-corrected chi connectivity index (χ1v) is 6.55. The summed E-state index contributed by atoms with van der Waals surface area (Å²) in [5, 5.41) is 0. The molecule has 2 heterocycles. The normalized spacial score (nSPS) is 23.0. The molecule has 3 N–H and O–H groups in total. The summed E-state index contributed by atoms with van der Waals surface area (Å²) in [7, 11) is 0. The molecule has 0 radical (unpaired) electrons. The number of pyridine rings is 1. The summed E-state index contributed by atoms with van der Waals surface area (Å²) >= 11 is 1.90. The van der Waals surface area contributed by atoms with E-state index in [2.05, 4.69) is 16.5 Å². The number of thioether (sulfide) groups is 1. The van der Waals surface area contributed by atoms with E-state index in [9.17, 15) is 0 Å². The van der Waals surface area contributed by atoms with E-state index in [1.165, 1.54) is 0 Å². The molecular formula is C11H17N3OS. The minimum absolute atomic E-state index is 0.0286. The van der Waals surface area contributed by atoms with Gasteiger partial charge >= 0.3 is 0 Å². The molecule has 1 aromatic heterocycles. The molecule has 2 unspecified atom stereocenters. The van der Waals surface area contributed by atoms with E-state index in [1.807, 2.05) is 30.9 Å². The van der Waals surface area contributed by atoms with Crippen molar-refractivity contribution in [2.24, 2.45) is 5.84 Å². The van der Waals surface area contributed by atoms with Crippen molar-refractivity contribution in [3.63, 3.8) is 0 Å². The maximum absolute atomic E-state index is 5.72. The summed E-state index contributed by atoms with van der Waals surface area (Å²) in [5.74, 6) is 7.65. The lowest BCUT2D eigenvalue weighted by Crippen LogP contribution is -2.41. The fraction of sp³-hybridized carbons (Fsp3) is 0.545.